The van der Waals surface area contributed by atoms with E-state index in [1.807, 2.05) is 18.5 Å². The van der Waals surface area contributed by atoms with Crippen molar-refractivity contribution < 1.29 is 14.6 Å². The predicted octanol–water partition coefficient (Wildman–Crippen LogP) is 4.43. The van der Waals surface area contributed by atoms with E-state index in [0.29, 0.717) is 18.0 Å². The molecule has 8 heteroatoms. The molecule has 0 amide bonds. The quantitative estimate of drug-likeness (QED) is 0.464. The van der Waals surface area contributed by atoms with Crippen LogP contribution < -0.4 is 14.8 Å². The summed E-state index contributed by atoms with van der Waals surface area (Å²) in [5.41, 5.74) is 4.02. The van der Waals surface area contributed by atoms with Crippen LogP contribution in [0.2, 0.25) is 0 Å². The van der Waals surface area contributed by atoms with Gasteiger partial charge in [-0.1, -0.05) is 30.2 Å². The van der Waals surface area contributed by atoms with E-state index < -0.39 is 0 Å². The number of hydrogen-bond acceptors (Lipinski definition) is 7. The first-order valence-corrected chi connectivity index (χ1v) is 11.4. The molecule has 1 fully saturated rings. The SMILES string of the molecule is COc1cc2ncn(Cc3ccc4nc(N[C@@H]5CCCC[C@@H]5O)sc4c3)c2cc1OC. The van der Waals surface area contributed by atoms with Crippen molar-refractivity contribution in [3.05, 3.63) is 42.2 Å². The van der Waals surface area contributed by atoms with Crippen LogP contribution in [0.5, 0.6) is 11.5 Å². The maximum Gasteiger partial charge on any atom is 0.184 e. The van der Waals surface area contributed by atoms with E-state index in [2.05, 4.69) is 33.1 Å². The molecule has 1 saturated carbocycles. The van der Waals surface area contributed by atoms with Crippen LogP contribution in [0.25, 0.3) is 21.3 Å². The summed E-state index contributed by atoms with van der Waals surface area (Å²) in [6.45, 7) is 0.698. The number of aromatic nitrogens is 3. The summed E-state index contributed by atoms with van der Waals surface area (Å²) in [5, 5.41) is 14.6. The lowest BCUT2D eigenvalue weighted by molar-refractivity contribution is 0.116. The fourth-order valence-corrected chi connectivity index (χ4v) is 5.27. The van der Waals surface area contributed by atoms with Gasteiger partial charge in [-0.25, -0.2) is 9.97 Å². The fourth-order valence-electron chi connectivity index (χ4n) is 4.28. The highest BCUT2D eigenvalue weighted by atomic mass is 32.1. The summed E-state index contributed by atoms with van der Waals surface area (Å²) in [6, 6.07) is 10.3. The highest BCUT2D eigenvalue weighted by Gasteiger charge is 2.23. The molecule has 2 heterocycles. The number of hydrogen-bond donors (Lipinski definition) is 2. The van der Waals surface area contributed by atoms with Gasteiger partial charge in [-0.3, -0.25) is 0 Å². The lowest BCUT2D eigenvalue weighted by Gasteiger charge is -2.27. The van der Waals surface area contributed by atoms with Crippen molar-refractivity contribution in [2.24, 2.45) is 0 Å². The molecular formula is C23H26N4O3S. The molecule has 0 bridgehead atoms. The van der Waals surface area contributed by atoms with E-state index in [-0.39, 0.29) is 12.1 Å². The van der Waals surface area contributed by atoms with Gasteiger partial charge in [0, 0.05) is 18.7 Å². The van der Waals surface area contributed by atoms with Crippen molar-refractivity contribution in [2.45, 2.75) is 44.4 Å². The third-order valence-corrected chi connectivity index (χ3v) is 6.92. The average molecular weight is 439 g/mol. The van der Waals surface area contributed by atoms with Gasteiger partial charge in [-0.05, 0) is 30.5 Å². The van der Waals surface area contributed by atoms with Crippen molar-refractivity contribution in [3.63, 3.8) is 0 Å². The molecule has 162 valence electrons. The molecule has 2 aromatic carbocycles. The normalized spacial score (nSPS) is 19.1. The van der Waals surface area contributed by atoms with Gasteiger partial charge in [0.05, 0.1) is 53.9 Å². The van der Waals surface area contributed by atoms with E-state index >= 15 is 0 Å². The number of ether oxygens (including phenoxy) is 2. The molecule has 0 unspecified atom stereocenters. The molecule has 2 N–H and O–H groups in total. The maximum absolute atomic E-state index is 10.2. The molecular weight excluding hydrogens is 412 g/mol. The number of imidazole rings is 1. The Hall–Kier alpha value is -2.84. The predicted molar refractivity (Wildman–Crippen MR) is 123 cm³/mol. The number of fused-ring (bicyclic) bond motifs is 2. The van der Waals surface area contributed by atoms with Crippen LogP contribution >= 0.6 is 11.3 Å². The minimum atomic E-state index is -0.290. The zero-order valence-electron chi connectivity index (χ0n) is 17.7. The van der Waals surface area contributed by atoms with Crippen molar-refractivity contribution in [3.8, 4) is 11.5 Å². The van der Waals surface area contributed by atoms with Gasteiger partial charge in [-0.2, -0.15) is 0 Å². The Kier molecular flexibility index (Phi) is 5.41. The second-order valence-corrected chi connectivity index (χ2v) is 9.02. The van der Waals surface area contributed by atoms with E-state index in [1.54, 1.807) is 25.6 Å². The van der Waals surface area contributed by atoms with Gasteiger partial charge in [0.15, 0.2) is 16.6 Å². The second-order valence-electron chi connectivity index (χ2n) is 7.99. The summed E-state index contributed by atoms with van der Waals surface area (Å²) < 4.78 is 14.1. The molecule has 7 nitrogen and oxygen atoms in total. The van der Waals surface area contributed by atoms with Gasteiger partial charge in [-0.15, -0.1) is 0 Å². The summed E-state index contributed by atoms with van der Waals surface area (Å²) in [6.07, 6.45) is 5.66. The Bertz CT molecular complexity index is 1220. The Morgan fingerprint density at radius 3 is 2.71 bits per heavy atom. The zero-order chi connectivity index (χ0) is 21.4. The first-order valence-electron chi connectivity index (χ1n) is 10.6. The Balaban J connectivity index is 1.39. The molecule has 1 aliphatic rings. The Labute approximate surface area is 184 Å². The number of thiazole rings is 1. The van der Waals surface area contributed by atoms with Crippen LogP contribution in [0.3, 0.4) is 0 Å². The number of rotatable bonds is 6. The molecule has 0 radical (unpaired) electrons. The molecule has 4 aromatic rings. The zero-order valence-corrected chi connectivity index (χ0v) is 18.5. The van der Waals surface area contributed by atoms with Gasteiger partial charge in [0.2, 0.25) is 0 Å². The molecule has 5 rings (SSSR count). The Morgan fingerprint density at radius 2 is 1.90 bits per heavy atom. The van der Waals surface area contributed by atoms with Crippen LogP contribution in [0, 0.1) is 0 Å². The third kappa shape index (κ3) is 3.93. The van der Waals surface area contributed by atoms with E-state index in [4.69, 9.17) is 14.5 Å². The number of nitrogens with one attached hydrogen (secondary N) is 1. The molecule has 2 aromatic heterocycles. The highest BCUT2D eigenvalue weighted by Crippen LogP contribution is 2.33. The van der Waals surface area contributed by atoms with Gasteiger partial charge < -0.3 is 24.5 Å². The maximum atomic E-state index is 10.2. The fraction of sp³-hybridized carbons (Fsp3) is 0.391. The number of anilines is 1. The molecule has 31 heavy (non-hydrogen) atoms. The van der Waals surface area contributed by atoms with Gasteiger partial charge in [0.25, 0.3) is 0 Å². The van der Waals surface area contributed by atoms with Crippen LogP contribution in [-0.2, 0) is 6.54 Å². The van der Waals surface area contributed by atoms with Crippen molar-refractivity contribution in [1.29, 1.82) is 0 Å². The number of methoxy groups -OCH3 is 2. The Morgan fingerprint density at radius 1 is 1.10 bits per heavy atom. The smallest absolute Gasteiger partial charge is 0.184 e. The first-order chi connectivity index (χ1) is 15.1. The second kappa shape index (κ2) is 8.36. The average Bonchev–Trinajstić information content (AvgIpc) is 3.37. The van der Waals surface area contributed by atoms with Crippen molar-refractivity contribution >= 4 is 37.7 Å². The van der Waals surface area contributed by atoms with Crippen LogP contribution in [0.15, 0.2) is 36.7 Å². The van der Waals surface area contributed by atoms with E-state index in [1.165, 1.54) is 5.56 Å². The van der Waals surface area contributed by atoms with Crippen molar-refractivity contribution in [2.75, 3.05) is 19.5 Å². The minimum absolute atomic E-state index is 0.0954. The summed E-state index contributed by atoms with van der Waals surface area (Å²) in [4.78, 5) is 9.24. The number of aliphatic hydroxyl groups excluding tert-OH is 1. The number of benzene rings is 2. The molecule has 0 aliphatic heterocycles. The summed E-state index contributed by atoms with van der Waals surface area (Å²) in [5.74, 6) is 1.37. The van der Waals surface area contributed by atoms with Gasteiger partial charge >= 0.3 is 0 Å². The highest BCUT2D eigenvalue weighted by molar-refractivity contribution is 7.22. The largest absolute Gasteiger partial charge is 0.493 e. The lowest BCUT2D eigenvalue weighted by atomic mass is 9.93. The molecule has 2 atom stereocenters. The number of aliphatic hydroxyl groups is 1. The standard InChI is InChI=1S/C23H26N4O3S/c1-29-20-10-17-18(11-21(20)30-2)27(13-24-17)12-14-7-8-16-22(9-14)31-23(26-16)25-15-5-3-4-6-19(15)28/h7-11,13,15,19,28H,3-6,12H2,1-2H3,(H,25,26)/t15-,19+/m1/s1. The topological polar surface area (TPSA) is 81.4 Å². The lowest BCUT2D eigenvalue weighted by Crippen LogP contribution is -2.36. The third-order valence-electron chi connectivity index (χ3n) is 5.97. The summed E-state index contributed by atoms with van der Waals surface area (Å²) in [7, 11) is 3.27. The number of nitrogens with zero attached hydrogens (tertiary/aromatic N) is 3. The van der Waals surface area contributed by atoms with Crippen molar-refractivity contribution in [1.82, 2.24) is 14.5 Å². The summed E-state index contributed by atoms with van der Waals surface area (Å²) >= 11 is 1.64. The van der Waals surface area contributed by atoms with Gasteiger partial charge in [0.1, 0.15) is 0 Å². The molecule has 0 saturated heterocycles. The first kappa shape index (κ1) is 20.1. The van der Waals surface area contributed by atoms with Crippen LogP contribution in [0.4, 0.5) is 5.13 Å². The molecule has 0 spiro atoms. The van der Waals surface area contributed by atoms with Crippen LogP contribution in [-0.4, -0.2) is 46.0 Å². The molecule has 1 aliphatic carbocycles. The van der Waals surface area contributed by atoms with Crippen LogP contribution in [0.1, 0.15) is 31.2 Å². The minimum Gasteiger partial charge on any atom is -0.493 e. The van der Waals surface area contributed by atoms with E-state index in [9.17, 15) is 5.11 Å². The van der Waals surface area contributed by atoms with E-state index in [0.717, 1.165) is 52.1 Å². The monoisotopic (exact) mass is 438 g/mol.